The van der Waals surface area contributed by atoms with Gasteiger partial charge >= 0.3 is 11.9 Å². The Morgan fingerprint density at radius 2 is 1.57 bits per heavy atom. The molecular weight excluding hydrogens is 396 g/mol. The standard InChI is InChI=1S/C25H24O4S/c1-16-6-5-7-17(2)22(16)15-29-23(26)14-18-10-12-19(13-11-18)24(30)20-8-3-4-9-21(20)25(27)28/h3-13,24,30H,14-15H2,1-2H3,(H,27,28). The number of carboxylic acid groups (broad SMARTS) is 1. The van der Waals surface area contributed by atoms with Crippen LogP contribution in [0.2, 0.25) is 0 Å². The molecule has 1 N–H and O–H groups in total. The van der Waals surface area contributed by atoms with Crippen LogP contribution in [0.15, 0.2) is 66.7 Å². The Kier molecular flexibility index (Phi) is 6.95. The molecule has 0 amide bonds. The van der Waals surface area contributed by atoms with E-state index < -0.39 is 5.97 Å². The topological polar surface area (TPSA) is 63.6 Å². The lowest BCUT2D eigenvalue weighted by molar-refractivity contribution is -0.144. The first-order valence-electron chi connectivity index (χ1n) is 9.66. The molecule has 0 aliphatic heterocycles. The molecule has 0 bridgehead atoms. The molecule has 1 unspecified atom stereocenters. The number of esters is 1. The summed E-state index contributed by atoms with van der Waals surface area (Å²) in [7, 11) is 0. The Bertz CT molecular complexity index is 1040. The Morgan fingerprint density at radius 3 is 2.20 bits per heavy atom. The molecule has 0 heterocycles. The molecule has 30 heavy (non-hydrogen) atoms. The fourth-order valence-electron chi connectivity index (χ4n) is 3.37. The molecular formula is C25H24O4S. The van der Waals surface area contributed by atoms with E-state index in [1.165, 1.54) is 0 Å². The zero-order valence-corrected chi connectivity index (χ0v) is 17.9. The van der Waals surface area contributed by atoms with Gasteiger partial charge in [0.15, 0.2) is 0 Å². The number of hydrogen-bond donors (Lipinski definition) is 2. The Labute approximate surface area is 181 Å². The van der Waals surface area contributed by atoms with E-state index in [0.29, 0.717) is 5.56 Å². The Balaban J connectivity index is 1.64. The van der Waals surface area contributed by atoms with Gasteiger partial charge in [0, 0.05) is 0 Å². The lowest BCUT2D eigenvalue weighted by Gasteiger charge is -2.15. The van der Waals surface area contributed by atoms with Crippen molar-refractivity contribution in [2.75, 3.05) is 0 Å². The average Bonchev–Trinajstić information content (AvgIpc) is 2.73. The zero-order valence-electron chi connectivity index (χ0n) is 17.0. The molecule has 3 aromatic carbocycles. The molecule has 1 atom stereocenters. The molecule has 0 aliphatic carbocycles. The van der Waals surface area contributed by atoms with E-state index in [0.717, 1.165) is 27.8 Å². The average molecular weight is 421 g/mol. The fraction of sp³-hybridized carbons (Fsp3) is 0.200. The van der Waals surface area contributed by atoms with E-state index in [4.69, 9.17) is 4.74 Å². The molecule has 3 rings (SSSR count). The van der Waals surface area contributed by atoms with Gasteiger partial charge in [0.05, 0.1) is 17.2 Å². The molecule has 0 radical (unpaired) electrons. The second-order valence-electron chi connectivity index (χ2n) is 7.24. The molecule has 0 aliphatic rings. The molecule has 5 heteroatoms. The van der Waals surface area contributed by atoms with Crippen LogP contribution in [0.25, 0.3) is 0 Å². The van der Waals surface area contributed by atoms with Crippen LogP contribution in [0.4, 0.5) is 0 Å². The van der Waals surface area contributed by atoms with Crippen molar-refractivity contribution in [1.29, 1.82) is 0 Å². The molecule has 3 aromatic rings. The number of carbonyl (C=O) groups is 2. The Hall–Kier alpha value is -3.05. The highest BCUT2D eigenvalue weighted by atomic mass is 32.1. The van der Waals surface area contributed by atoms with Crippen LogP contribution >= 0.6 is 12.6 Å². The molecule has 0 saturated heterocycles. The van der Waals surface area contributed by atoms with Crippen molar-refractivity contribution >= 4 is 24.6 Å². The summed E-state index contributed by atoms with van der Waals surface area (Å²) in [6, 6.07) is 20.3. The summed E-state index contributed by atoms with van der Waals surface area (Å²) >= 11 is 4.62. The number of aryl methyl sites for hydroxylation is 2. The van der Waals surface area contributed by atoms with Crippen LogP contribution in [0.3, 0.4) is 0 Å². The summed E-state index contributed by atoms with van der Waals surface area (Å²) in [5.74, 6) is -1.27. The van der Waals surface area contributed by atoms with Gasteiger partial charge in [-0.15, -0.1) is 0 Å². The number of rotatable bonds is 7. The van der Waals surface area contributed by atoms with Gasteiger partial charge in [-0.2, -0.15) is 12.6 Å². The zero-order chi connectivity index (χ0) is 21.7. The van der Waals surface area contributed by atoms with E-state index in [1.54, 1.807) is 24.3 Å². The van der Waals surface area contributed by atoms with Gasteiger partial charge in [0.25, 0.3) is 0 Å². The second kappa shape index (κ2) is 9.63. The maximum atomic E-state index is 12.3. The number of hydrogen-bond acceptors (Lipinski definition) is 4. The van der Waals surface area contributed by atoms with Crippen LogP contribution in [-0.4, -0.2) is 17.0 Å². The quantitative estimate of drug-likeness (QED) is 0.402. The third-order valence-electron chi connectivity index (χ3n) is 5.15. The molecule has 4 nitrogen and oxygen atoms in total. The summed E-state index contributed by atoms with van der Waals surface area (Å²) in [6.07, 6.45) is 0.175. The first-order valence-corrected chi connectivity index (χ1v) is 10.2. The SMILES string of the molecule is Cc1cccc(C)c1COC(=O)Cc1ccc(C(S)c2ccccc2C(=O)O)cc1. The maximum absolute atomic E-state index is 12.3. The van der Waals surface area contributed by atoms with Crippen molar-refractivity contribution in [2.45, 2.75) is 32.1 Å². The molecule has 0 fully saturated rings. The second-order valence-corrected chi connectivity index (χ2v) is 7.76. The molecule has 0 spiro atoms. The van der Waals surface area contributed by atoms with Crippen LogP contribution in [-0.2, 0) is 22.6 Å². The smallest absolute Gasteiger partial charge is 0.336 e. The van der Waals surface area contributed by atoms with Crippen molar-refractivity contribution in [1.82, 2.24) is 0 Å². The van der Waals surface area contributed by atoms with Gasteiger partial charge in [0.2, 0.25) is 0 Å². The summed E-state index contributed by atoms with van der Waals surface area (Å²) in [5, 5.41) is 9.01. The lowest BCUT2D eigenvalue weighted by atomic mass is 9.98. The first kappa shape index (κ1) is 21.7. The van der Waals surface area contributed by atoms with E-state index in [1.807, 2.05) is 56.3 Å². The van der Waals surface area contributed by atoms with Crippen LogP contribution in [0, 0.1) is 13.8 Å². The maximum Gasteiger partial charge on any atom is 0.336 e. The summed E-state index contributed by atoms with van der Waals surface area (Å²) in [6.45, 7) is 4.27. The summed E-state index contributed by atoms with van der Waals surface area (Å²) in [4.78, 5) is 23.7. The summed E-state index contributed by atoms with van der Waals surface area (Å²) < 4.78 is 5.46. The van der Waals surface area contributed by atoms with E-state index in [2.05, 4.69) is 12.6 Å². The van der Waals surface area contributed by atoms with Gasteiger partial charge < -0.3 is 9.84 Å². The highest BCUT2D eigenvalue weighted by Crippen LogP contribution is 2.31. The number of benzene rings is 3. The van der Waals surface area contributed by atoms with Gasteiger partial charge in [-0.25, -0.2) is 4.79 Å². The first-order chi connectivity index (χ1) is 14.4. The van der Waals surface area contributed by atoms with E-state index >= 15 is 0 Å². The number of carboxylic acids is 1. The number of ether oxygens (including phenoxy) is 1. The summed E-state index contributed by atoms with van der Waals surface area (Å²) in [5.41, 5.74) is 5.81. The predicted octanol–water partition coefficient (Wildman–Crippen LogP) is 5.31. The monoisotopic (exact) mass is 420 g/mol. The minimum absolute atomic E-state index is 0.175. The predicted molar refractivity (Wildman–Crippen MR) is 120 cm³/mol. The van der Waals surface area contributed by atoms with Crippen molar-refractivity contribution in [3.05, 3.63) is 106 Å². The number of aromatic carboxylic acids is 1. The van der Waals surface area contributed by atoms with Crippen LogP contribution < -0.4 is 0 Å². The van der Waals surface area contributed by atoms with E-state index in [9.17, 15) is 14.7 Å². The fourth-order valence-corrected chi connectivity index (χ4v) is 3.77. The van der Waals surface area contributed by atoms with Gasteiger partial charge in [0.1, 0.15) is 6.61 Å². The van der Waals surface area contributed by atoms with Gasteiger partial charge in [-0.3, -0.25) is 4.79 Å². The molecule has 0 aromatic heterocycles. The van der Waals surface area contributed by atoms with E-state index in [-0.39, 0.29) is 29.8 Å². The van der Waals surface area contributed by atoms with Crippen molar-refractivity contribution < 1.29 is 19.4 Å². The highest BCUT2D eigenvalue weighted by molar-refractivity contribution is 7.80. The number of carbonyl (C=O) groups excluding carboxylic acids is 1. The van der Waals surface area contributed by atoms with Crippen molar-refractivity contribution in [2.24, 2.45) is 0 Å². The highest BCUT2D eigenvalue weighted by Gasteiger charge is 2.17. The minimum Gasteiger partial charge on any atom is -0.478 e. The van der Waals surface area contributed by atoms with Crippen molar-refractivity contribution in [3.63, 3.8) is 0 Å². The van der Waals surface area contributed by atoms with Crippen molar-refractivity contribution in [3.8, 4) is 0 Å². The van der Waals surface area contributed by atoms with Crippen LogP contribution in [0.1, 0.15) is 49.0 Å². The third kappa shape index (κ3) is 5.10. The van der Waals surface area contributed by atoms with Crippen LogP contribution in [0.5, 0.6) is 0 Å². The Morgan fingerprint density at radius 1 is 0.933 bits per heavy atom. The lowest BCUT2D eigenvalue weighted by Crippen LogP contribution is -2.09. The normalized spacial score (nSPS) is 11.7. The largest absolute Gasteiger partial charge is 0.478 e. The van der Waals surface area contributed by atoms with Gasteiger partial charge in [-0.1, -0.05) is 60.7 Å². The molecule has 154 valence electrons. The number of thiol groups is 1. The minimum atomic E-state index is -0.979. The third-order valence-corrected chi connectivity index (χ3v) is 5.73. The molecule has 0 saturated carbocycles. The van der Waals surface area contributed by atoms with Gasteiger partial charge in [-0.05, 0) is 53.3 Å².